The molecule has 0 radical (unpaired) electrons. The highest BCUT2D eigenvalue weighted by atomic mass is 16.7. The number of hydrogen-bond donors (Lipinski definition) is 20. The lowest BCUT2D eigenvalue weighted by Crippen LogP contribution is -2.68. The number of carbonyl (C=O) groups excluding carboxylic acids is 3. The van der Waals surface area contributed by atoms with E-state index in [-0.39, 0.29) is 63.8 Å². The van der Waals surface area contributed by atoms with E-state index in [2.05, 4.69) is 47.5 Å². The Balaban J connectivity index is 1.14. The van der Waals surface area contributed by atoms with Crippen LogP contribution in [0.5, 0.6) is 0 Å². The van der Waals surface area contributed by atoms with E-state index in [0.717, 1.165) is 20.8 Å². The number of ether oxygens (including phenoxy) is 6. The second-order valence-corrected chi connectivity index (χ2v) is 21.7. The molecule has 40 nitrogen and oxygen atoms in total. The first-order valence-corrected chi connectivity index (χ1v) is 27.7. The van der Waals surface area contributed by atoms with Crippen molar-refractivity contribution in [3.8, 4) is 0 Å². The lowest BCUT2D eigenvalue weighted by molar-refractivity contribution is -0.315. The van der Waals surface area contributed by atoms with E-state index in [1.54, 1.807) is 5.01 Å². The quantitative estimate of drug-likeness (QED) is 0.0315. The van der Waals surface area contributed by atoms with Gasteiger partial charge in [-0.1, -0.05) is 10.4 Å². The average molecular weight is 1270 g/mol. The van der Waals surface area contributed by atoms with Gasteiger partial charge in [-0.2, -0.15) is 5.53 Å². The molecule has 4 aliphatic heterocycles. The Kier molecular flexibility index (Phi) is 25.4. The van der Waals surface area contributed by atoms with Crippen LogP contribution in [0.1, 0.15) is 51.4 Å². The minimum atomic E-state index is -2.67. The summed E-state index contributed by atoms with van der Waals surface area (Å²) in [6, 6.07) is -4.96. The maximum Gasteiger partial charge on any atom is 0.364 e. The van der Waals surface area contributed by atoms with Gasteiger partial charge in [-0.15, -0.1) is 10.2 Å². The Morgan fingerprint density at radius 2 is 0.932 bits per heavy atom. The standard InChI is InChI=1S/C48H79N13O27/c1-22(65)49-34-28(68)10-46(43(77)78,86-40(34)37(74)31(71)16-62)83-19-25-13-59(55-52-25)7-4-58(5-8-60-14-26(53-56-60)20-84-47(44(79)80)11-29(69)35(50-23(2)66)41(87-47)38(75)32(72)17-63)6-9-61-15-27(54-57-61)21-85-48(45(81)82)12-30(70)36(51-24(3)67)42(88-48)39(76)33(73)18-64/h13-14,27-42,54,57,62-64,68-76H,4-12,15-21H2,1-3H3,(H,49,65)(H,50,66)(H,51,67)(H,77,78)(H,79,80)(H,81,82)/t27-,28+,29+,30+,31-,32-,33-,34-,35-,36-,37-,38-,39-,40-,41-,42-,46-,47-,48-/m1/s1. The number of nitrogens with zero attached hydrogens (tertiary/aromatic N) is 8. The van der Waals surface area contributed by atoms with Gasteiger partial charge in [0.05, 0.1) is 108 Å². The molecule has 20 N–H and O–H groups in total. The molecule has 0 aliphatic carbocycles. The summed E-state index contributed by atoms with van der Waals surface area (Å²) in [5, 5.41) is 181. The molecule has 0 spiro atoms. The fourth-order valence-corrected chi connectivity index (χ4v) is 10.3. The van der Waals surface area contributed by atoms with Crippen LogP contribution in [0, 0.1) is 0 Å². The first kappa shape index (κ1) is 71.3. The minimum absolute atomic E-state index is 0.0549. The number of carboxylic acids is 3. The Hall–Kier alpha value is -5.78. The minimum Gasteiger partial charge on any atom is -0.477 e. The third kappa shape index (κ3) is 17.8. The molecule has 0 bridgehead atoms. The molecule has 0 saturated carbocycles. The smallest absolute Gasteiger partial charge is 0.364 e. The van der Waals surface area contributed by atoms with Crippen LogP contribution in [0.25, 0.3) is 0 Å². The summed E-state index contributed by atoms with van der Waals surface area (Å²) in [7, 11) is 0. The molecule has 6 heterocycles. The highest BCUT2D eigenvalue weighted by Crippen LogP contribution is 2.37. The molecule has 4 saturated heterocycles. The van der Waals surface area contributed by atoms with Crippen molar-refractivity contribution in [1.29, 1.82) is 0 Å². The van der Waals surface area contributed by atoms with Crippen LogP contribution in [0.2, 0.25) is 0 Å². The van der Waals surface area contributed by atoms with Crippen LogP contribution < -0.4 is 26.9 Å². The summed E-state index contributed by atoms with van der Waals surface area (Å²) in [5.74, 6) is -15.2. The summed E-state index contributed by atoms with van der Waals surface area (Å²) in [6.45, 7) is -0.0537. The van der Waals surface area contributed by atoms with Crippen LogP contribution in [-0.2, 0) is 83.5 Å². The molecule has 0 unspecified atom stereocenters. The van der Waals surface area contributed by atoms with Crippen LogP contribution in [-0.4, -0.2) is 326 Å². The summed E-state index contributed by atoms with van der Waals surface area (Å²) >= 11 is 0. The second-order valence-electron chi connectivity index (χ2n) is 21.7. The molecule has 4 aliphatic rings. The molecule has 0 aromatic carbocycles. The van der Waals surface area contributed by atoms with Crippen LogP contribution in [0.4, 0.5) is 0 Å². The van der Waals surface area contributed by atoms with E-state index in [4.69, 9.17) is 28.4 Å². The number of rotatable bonds is 33. The van der Waals surface area contributed by atoms with Crippen molar-refractivity contribution >= 4 is 35.6 Å². The molecule has 88 heavy (non-hydrogen) atoms. The van der Waals surface area contributed by atoms with Crippen LogP contribution in [0.15, 0.2) is 12.4 Å². The first-order chi connectivity index (χ1) is 41.5. The number of carbonyl (C=O) groups is 6. The molecular weight excluding hydrogens is 1190 g/mol. The van der Waals surface area contributed by atoms with Gasteiger partial charge in [0.15, 0.2) is 0 Å². The fraction of sp³-hybridized carbons (Fsp3) is 0.792. The third-order valence-corrected chi connectivity index (χ3v) is 15.0. The molecule has 3 amide bonds. The molecule has 4 fully saturated rings. The summed E-state index contributed by atoms with van der Waals surface area (Å²) < 4.78 is 37.0. The first-order valence-electron chi connectivity index (χ1n) is 27.7. The number of hydrazine groups is 2. The van der Waals surface area contributed by atoms with E-state index >= 15 is 0 Å². The largest absolute Gasteiger partial charge is 0.477 e. The Bertz CT molecular complexity index is 2530. The van der Waals surface area contributed by atoms with E-state index < -0.39 is 203 Å². The van der Waals surface area contributed by atoms with Crippen molar-refractivity contribution in [2.24, 2.45) is 0 Å². The van der Waals surface area contributed by atoms with Gasteiger partial charge in [0.1, 0.15) is 66.3 Å². The lowest BCUT2D eigenvalue weighted by Gasteiger charge is -2.46. The summed E-state index contributed by atoms with van der Waals surface area (Å²) in [4.78, 5) is 76.0. The van der Waals surface area contributed by atoms with Gasteiger partial charge in [-0.25, -0.2) is 24.8 Å². The SMILES string of the molecule is CC(=O)N[C@H]1[C@H]([C@H](O)[C@H](O)CO)O[C@@](OCc2cn(CCN(CCN3C[C@H](CO[C@]4(C(=O)O)C[C@H](O)[C@@H](NC(C)=O)[C@H]([C@H](O)[C@H](O)CO)O4)NN3)CCn3cc(CO[C@]4(C(=O)O)C[C@H](O)[C@@H](NC(C)=O)[C@H]([C@H](O)[C@H](O)CO)O4)nn3)nn2)(C(=O)O)C[C@@H]1O. The summed E-state index contributed by atoms with van der Waals surface area (Å²) in [5.41, 5.74) is 6.02. The van der Waals surface area contributed by atoms with E-state index in [0.29, 0.717) is 0 Å². The predicted octanol–water partition coefficient (Wildman–Crippen LogP) is -11.9. The lowest BCUT2D eigenvalue weighted by atomic mass is 9.88. The molecular formula is C48H79N13O27. The highest BCUT2D eigenvalue weighted by Gasteiger charge is 2.59. The second kappa shape index (κ2) is 31.3. The maximum absolute atomic E-state index is 12.8. The van der Waals surface area contributed by atoms with Gasteiger partial charge < -0.3 is 121 Å². The monoisotopic (exact) mass is 1270 g/mol. The topological polar surface area (TPSA) is 589 Å². The van der Waals surface area contributed by atoms with Gasteiger partial charge in [0.2, 0.25) is 17.7 Å². The van der Waals surface area contributed by atoms with Gasteiger partial charge in [-0.05, 0) is 0 Å². The molecule has 40 heteroatoms. The molecule has 498 valence electrons. The number of aliphatic hydroxyl groups is 12. The predicted molar refractivity (Wildman–Crippen MR) is 281 cm³/mol. The fourth-order valence-electron chi connectivity index (χ4n) is 10.3. The van der Waals surface area contributed by atoms with E-state index in [9.17, 15) is 105 Å². The van der Waals surface area contributed by atoms with Crippen LogP contribution in [0.3, 0.4) is 0 Å². The zero-order valence-corrected chi connectivity index (χ0v) is 47.9. The maximum atomic E-state index is 12.8. The normalized spacial score (nSPS) is 31.5. The number of amides is 3. The van der Waals surface area contributed by atoms with Crippen LogP contribution >= 0.6 is 0 Å². The van der Waals surface area contributed by atoms with Gasteiger partial charge >= 0.3 is 17.9 Å². The number of nitrogens with one attached hydrogen (secondary N) is 5. The zero-order chi connectivity index (χ0) is 65.0. The number of aromatic nitrogens is 6. The Morgan fingerprint density at radius 1 is 0.591 bits per heavy atom. The van der Waals surface area contributed by atoms with Gasteiger partial charge in [0.25, 0.3) is 17.4 Å². The molecule has 2 aromatic heterocycles. The summed E-state index contributed by atoms with van der Waals surface area (Å²) in [6.07, 6.45) is -21.6. The Morgan fingerprint density at radius 3 is 1.26 bits per heavy atom. The molecule has 19 atom stereocenters. The van der Waals surface area contributed by atoms with Crippen molar-refractivity contribution in [3.63, 3.8) is 0 Å². The molecule has 6 rings (SSSR count). The number of aliphatic hydroxyl groups excluding tert-OH is 12. The van der Waals surface area contributed by atoms with E-state index in [1.165, 1.54) is 21.8 Å². The van der Waals surface area contributed by atoms with Crippen molar-refractivity contribution in [3.05, 3.63) is 23.8 Å². The molecule has 2 aromatic rings. The highest BCUT2D eigenvalue weighted by molar-refractivity contribution is 5.78. The van der Waals surface area contributed by atoms with Crippen molar-refractivity contribution in [2.75, 3.05) is 59.2 Å². The van der Waals surface area contributed by atoms with Gasteiger partial charge in [0, 0.05) is 72.8 Å². The zero-order valence-electron chi connectivity index (χ0n) is 47.9. The van der Waals surface area contributed by atoms with Crippen molar-refractivity contribution in [2.45, 2.75) is 181 Å². The number of aliphatic carboxylic acids is 3. The van der Waals surface area contributed by atoms with Crippen molar-refractivity contribution in [1.82, 2.24) is 66.8 Å². The average Bonchev–Trinajstić information content (AvgIpc) is 1.89. The number of hydrogen-bond acceptors (Lipinski definition) is 32. The van der Waals surface area contributed by atoms with E-state index in [1.807, 2.05) is 4.90 Å². The number of carboxylic acid groups (broad SMARTS) is 3. The third-order valence-electron chi connectivity index (χ3n) is 15.0. The Labute approximate surface area is 499 Å². The van der Waals surface area contributed by atoms with Crippen molar-refractivity contribution < 1.29 is 134 Å². The van der Waals surface area contributed by atoms with Gasteiger partial charge in [-0.3, -0.25) is 28.6 Å².